The van der Waals surface area contributed by atoms with Crippen LogP contribution in [0.5, 0.6) is 0 Å². The maximum absolute atomic E-state index is 5.47. The van der Waals surface area contributed by atoms with E-state index in [0.29, 0.717) is 6.54 Å². The smallest absolute Gasteiger partial charge is 0.0947 e. The van der Waals surface area contributed by atoms with Crippen molar-refractivity contribution in [3.63, 3.8) is 0 Å². The number of nitrogens with two attached hydrogens (primary N) is 1. The van der Waals surface area contributed by atoms with Crippen molar-refractivity contribution in [2.45, 2.75) is 13.5 Å². The van der Waals surface area contributed by atoms with Gasteiger partial charge in [0.1, 0.15) is 0 Å². The summed E-state index contributed by atoms with van der Waals surface area (Å²) in [5.41, 5.74) is 6.68. The van der Waals surface area contributed by atoms with Gasteiger partial charge in [-0.2, -0.15) is 0 Å². The molecule has 0 saturated heterocycles. The van der Waals surface area contributed by atoms with Gasteiger partial charge in [-0.05, 0) is 12.6 Å². The highest BCUT2D eigenvalue weighted by Crippen LogP contribution is 2.03. The van der Waals surface area contributed by atoms with Gasteiger partial charge in [-0.25, -0.2) is 0 Å². The molecular formula is C9H16N2O. The van der Waals surface area contributed by atoms with Crippen molar-refractivity contribution in [2.24, 2.45) is 5.73 Å². The summed E-state index contributed by atoms with van der Waals surface area (Å²) in [6.07, 6.45) is 3.48. The molecule has 0 aliphatic carbocycles. The van der Waals surface area contributed by atoms with Crippen LogP contribution in [0.3, 0.4) is 0 Å². The molecule has 0 aliphatic rings. The van der Waals surface area contributed by atoms with E-state index >= 15 is 0 Å². The van der Waals surface area contributed by atoms with E-state index in [1.807, 2.05) is 6.07 Å². The monoisotopic (exact) mass is 168 g/mol. The topological polar surface area (TPSA) is 42.4 Å². The van der Waals surface area contributed by atoms with E-state index in [4.69, 9.17) is 10.2 Å². The first-order chi connectivity index (χ1) is 5.86. The Kier molecular flexibility index (Phi) is 3.84. The zero-order chi connectivity index (χ0) is 8.81. The first kappa shape index (κ1) is 9.29. The predicted molar refractivity (Wildman–Crippen MR) is 48.7 cm³/mol. The highest BCUT2D eigenvalue weighted by molar-refractivity contribution is 5.04. The van der Waals surface area contributed by atoms with Crippen LogP contribution in [-0.2, 0) is 6.54 Å². The van der Waals surface area contributed by atoms with Crippen molar-refractivity contribution in [3.05, 3.63) is 24.2 Å². The zero-order valence-corrected chi connectivity index (χ0v) is 7.49. The van der Waals surface area contributed by atoms with E-state index in [-0.39, 0.29) is 0 Å². The quantitative estimate of drug-likeness (QED) is 0.715. The molecule has 0 amide bonds. The van der Waals surface area contributed by atoms with Crippen molar-refractivity contribution >= 4 is 0 Å². The second-order valence-electron chi connectivity index (χ2n) is 2.79. The predicted octanol–water partition coefficient (Wildman–Crippen LogP) is 1.06. The van der Waals surface area contributed by atoms with Gasteiger partial charge in [0.2, 0.25) is 0 Å². The van der Waals surface area contributed by atoms with E-state index in [0.717, 1.165) is 19.6 Å². The molecule has 0 bridgehead atoms. The largest absolute Gasteiger partial charge is 0.472 e. The van der Waals surface area contributed by atoms with Crippen LogP contribution in [0.1, 0.15) is 12.5 Å². The number of rotatable bonds is 5. The molecule has 1 aromatic rings. The van der Waals surface area contributed by atoms with Gasteiger partial charge in [0.05, 0.1) is 12.5 Å². The van der Waals surface area contributed by atoms with Gasteiger partial charge in [-0.1, -0.05) is 6.92 Å². The number of furan rings is 1. The Morgan fingerprint density at radius 3 is 2.92 bits per heavy atom. The molecule has 1 rings (SSSR count). The average Bonchev–Trinajstić information content (AvgIpc) is 2.56. The second-order valence-corrected chi connectivity index (χ2v) is 2.79. The van der Waals surface area contributed by atoms with Crippen molar-refractivity contribution in [1.82, 2.24) is 4.90 Å². The Labute approximate surface area is 73.2 Å². The third-order valence-electron chi connectivity index (χ3n) is 1.88. The summed E-state index contributed by atoms with van der Waals surface area (Å²) in [7, 11) is 0. The van der Waals surface area contributed by atoms with Gasteiger partial charge in [0.25, 0.3) is 0 Å². The van der Waals surface area contributed by atoms with E-state index in [1.165, 1.54) is 5.56 Å². The Morgan fingerprint density at radius 1 is 1.58 bits per heavy atom. The summed E-state index contributed by atoms with van der Waals surface area (Å²) >= 11 is 0. The summed E-state index contributed by atoms with van der Waals surface area (Å²) in [6, 6.07) is 1.99. The second kappa shape index (κ2) is 4.95. The molecule has 12 heavy (non-hydrogen) atoms. The first-order valence-corrected chi connectivity index (χ1v) is 4.30. The minimum atomic E-state index is 0.714. The lowest BCUT2D eigenvalue weighted by Crippen LogP contribution is -2.28. The summed E-state index contributed by atoms with van der Waals surface area (Å²) in [6.45, 7) is 5.76. The van der Waals surface area contributed by atoms with Gasteiger partial charge >= 0.3 is 0 Å². The van der Waals surface area contributed by atoms with Crippen LogP contribution < -0.4 is 5.73 Å². The standard InChI is InChI=1S/C9H16N2O/c1-2-11(5-4-10)7-9-3-6-12-8-9/h3,6,8H,2,4-5,7,10H2,1H3. The van der Waals surface area contributed by atoms with Crippen LogP contribution >= 0.6 is 0 Å². The van der Waals surface area contributed by atoms with Gasteiger partial charge in [-0.3, -0.25) is 4.90 Å². The molecular weight excluding hydrogens is 152 g/mol. The third kappa shape index (κ3) is 2.68. The molecule has 0 aromatic carbocycles. The average molecular weight is 168 g/mol. The van der Waals surface area contributed by atoms with Crippen LogP contribution in [0.2, 0.25) is 0 Å². The van der Waals surface area contributed by atoms with Crippen molar-refractivity contribution in [1.29, 1.82) is 0 Å². The molecule has 0 atom stereocenters. The fraction of sp³-hybridized carbons (Fsp3) is 0.556. The molecule has 1 heterocycles. The van der Waals surface area contributed by atoms with Crippen molar-refractivity contribution < 1.29 is 4.42 Å². The molecule has 0 radical (unpaired) electrons. The van der Waals surface area contributed by atoms with Crippen molar-refractivity contribution in [2.75, 3.05) is 19.6 Å². The number of hydrogen-bond acceptors (Lipinski definition) is 3. The normalized spacial score (nSPS) is 10.9. The molecule has 2 N–H and O–H groups in total. The summed E-state index contributed by atoms with van der Waals surface area (Å²) in [5.74, 6) is 0. The summed E-state index contributed by atoms with van der Waals surface area (Å²) in [4.78, 5) is 2.28. The Bertz CT molecular complexity index is 196. The van der Waals surface area contributed by atoms with E-state index < -0.39 is 0 Å². The lowest BCUT2D eigenvalue weighted by atomic mass is 10.3. The van der Waals surface area contributed by atoms with Gasteiger partial charge in [0, 0.05) is 25.2 Å². The van der Waals surface area contributed by atoms with Gasteiger partial charge in [0.15, 0.2) is 0 Å². The maximum Gasteiger partial charge on any atom is 0.0947 e. The highest BCUT2D eigenvalue weighted by Gasteiger charge is 2.02. The minimum Gasteiger partial charge on any atom is -0.472 e. The Hall–Kier alpha value is -0.800. The SMILES string of the molecule is CCN(CCN)Cc1ccoc1. The molecule has 68 valence electrons. The van der Waals surface area contributed by atoms with Crippen LogP contribution in [-0.4, -0.2) is 24.5 Å². The fourth-order valence-corrected chi connectivity index (χ4v) is 1.17. The Balaban J connectivity index is 2.37. The van der Waals surface area contributed by atoms with Gasteiger partial charge in [-0.15, -0.1) is 0 Å². The molecule has 0 saturated carbocycles. The molecule has 0 fully saturated rings. The number of nitrogens with zero attached hydrogens (tertiary/aromatic N) is 1. The molecule has 0 aliphatic heterocycles. The molecule has 0 unspecified atom stereocenters. The van der Waals surface area contributed by atoms with Crippen LogP contribution in [0.25, 0.3) is 0 Å². The van der Waals surface area contributed by atoms with E-state index in [2.05, 4.69) is 11.8 Å². The Morgan fingerprint density at radius 2 is 2.42 bits per heavy atom. The summed E-state index contributed by atoms with van der Waals surface area (Å²) in [5, 5.41) is 0. The molecule has 0 spiro atoms. The lowest BCUT2D eigenvalue weighted by Gasteiger charge is -2.17. The van der Waals surface area contributed by atoms with E-state index in [1.54, 1.807) is 12.5 Å². The molecule has 3 heteroatoms. The van der Waals surface area contributed by atoms with Gasteiger partial charge < -0.3 is 10.2 Å². The third-order valence-corrected chi connectivity index (χ3v) is 1.88. The highest BCUT2D eigenvalue weighted by atomic mass is 16.3. The minimum absolute atomic E-state index is 0.714. The summed E-state index contributed by atoms with van der Waals surface area (Å²) < 4.78 is 4.98. The van der Waals surface area contributed by atoms with E-state index in [9.17, 15) is 0 Å². The van der Waals surface area contributed by atoms with Crippen LogP contribution in [0, 0.1) is 0 Å². The van der Waals surface area contributed by atoms with Crippen LogP contribution in [0.4, 0.5) is 0 Å². The fourth-order valence-electron chi connectivity index (χ4n) is 1.17. The maximum atomic E-state index is 5.47. The number of likely N-dealkylation sites (N-methyl/N-ethyl adjacent to an activating group) is 1. The van der Waals surface area contributed by atoms with Crippen molar-refractivity contribution in [3.8, 4) is 0 Å². The zero-order valence-electron chi connectivity index (χ0n) is 7.49. The first-order valence-electron chi connectivity index (χ1n) is 4.30. The molecule has 3 nitrogen and oxygen atoms in total. The lowest BCUT2D eigenvalue weighted by molar-refractivity contribution is 0.287. The molecule has 1 aromatic heterocycles. The number of hydrogen-bond donors (Lipinski definition) is 1. The van der Waals surface area contributed by atoms with Crippen LogP contribution in [0.15, 0.2) is 23.0 Å².